The number of benzene rings is 2. The number of phenolic OH excluding ortho intramolecular Hbond substituents is 2. The highest BCUT2D eigenvalue weighted by molar-refractivity contribution is 8.00. The molecule has 1 aliphatic heterocycles. The van der Waals surface area contributed by atoms with Gasteiger partial charge in [-0.3, -0.25) is 9.69 Å². The second-order valence-corrected chi connectivity index (χ2v) is 7.41. The first-order valence-corrected chi connectivity index (χ1v) is 9.00. The van der Waals surface area contributed by atoms with Gasteiger partial charge < -0.3 is 10.2 Å². The van der Waals surface area contributed by atoms with Crippen molar-refractivity contribution < 1.29 is 15.0 Å². The van der Waals surface area contributed by atoms with Crippen LogP contribution in [0.3, 0.4) is 0 Å². The minimum Gasteiger partial charge on any atom is -0.508 e. The molecular formula is C19H21NO3S. The van der Waals surface area contributed by atoms with Crippen LogP contribution in [0.1, 0.15) is 41.8 Å². The first-order chi connectivity index (χ1) is 11.4. The minimum absolute atomic E-state index is 0.0109. The molecule has 2 N–H and O–H groups in total. The average molecular weight is 343 g/mol. The summed E-state index contributed by atoms with van der Waals surface area (Å²) in [5, 5.41) is 20.1. The Morgan fingerprint density at radius 3 is 2.54 bits per heavy atom. The molecule has 126 valence electrons. The van der Waals surface area contributed by atoms with E-state index in [9.17, 15) is 15.0 Å². The summed E-state index contributed by atoms with van der Waals surface area (Å²) in [7, 11) is 0. The number of para-hydroxylation sites is 1. The van der Waals surface area contributed by atoms with Crippen LogP contribution < -0.4 is 4.90 Å². The Hall–Kier alpha value is -2.14. The molecule has 0 saturated carbocycles. The fourth-order valence-electron chi connectivity index (χ4n) is 3.03. The number of carbonyl (C=O) groups excluding carboxylic acids is 1. The van der Waals surface area contributed by atoms with Gasteiger partial charge in [-0.15, -0.1) is 11.8 Å². The predicted octanol–water partition coefficient (Wildman–Crippen LogP) is 4.31. The zero-order chi connectivity index (χ0) is 17.4. The molecule has 0 aliphatic carbocycles. The molecule has 2 aromatic rings. The van der Waals surface area contributed by atoms with Crippen LogP contribution in [0.4, 0.5) is 5.69 Å². The summed E-state index contributed by atoms with van der Waals surface area (Å²) in [5.41, 5.74) is 3.18. The first kappa shape index (κ1) is 16.7. The van der Waals surface area contributed by atoms with E-state index >= 15 is 0 Å². The van der Waals surface area contributed by atoms with Crippen LogP contribution in [0.2, 0.25) is 0 Å². The van der Waals surface area contributed by atoms with Crippen LogP contribution in [0.5, 0.6) is 11.5 Å². The smallest absolute Gasteiger partial charge is 0.238 e. The van der Waals surface area contributed by atoms with Crippen molar-refractivity contribution in [1.82, 2.24) is 0 Å². The maximum Gasteiger partial charge on any atom is 0.238 e. The number of thioether (sulfide) groups is 1. The van der Waals surface area contributed by atoms with Crippen molar-refractivity contribution in [3.8, 4) is 11.5 Å². The molecule has 1 fully saturated rings. The van der Waals surface area contributed by atoms with Crippen LogP contribution in [0, 0.1) is 6.92 Å². The van der Waals surface area contributed by atoms with Crippen LogP contribution >= 0.6 is 11.8 Å². The van der Waals surface area contributed by atoms with Crippen molar-refractivity contribution in [2.75, 3.05) is 10.7 Å². The zero-order valence-electron chi connectivity index (χ0n) is 14.0. The Kier molecular flexibility index (Phi) is 4.45. The van der Waals surface area contributed by atoms with Gasteiger partial charge in [0.2, 0.25) is 5.91 Å². The van der Waals surface area contributed by atoms with Gasteiger partial charge >= 0.3 is 0 Å². The van der Waals surface area contributed by atoms with Crippen LogP contribution in [-0.2, 0) is 4.79 Å². The Balaban J connectivity index is 2.11. The molecule has 1 amide bonds. The Morgan fingerprint density at radius 2 is 1.88 bits per heavy atom. The number of amides is 1. The van der Waals surface area contributed by atoms with Gasteiger partial charge in [0.25, 0.3) is 0 Å². The number of anilines is 1. The molecule has 1 atom stereocenters. The van der Waals surface area contributed by atoms with Crippen molar-refractivity contribution >= 4 is 23.4 Å². The second kappa shape index (κ2) is 6.40. The van der Waals surface area contributed by atoms with Gasteiger partial charge in [0.15, 0.2) is 0 Å². The fraction of sp³-hybridized carbons (Fsp3) is 0.316. The van der Waals surface area contributed by atoms with Crippen molar-refractivity contribution in [1.29, 1.82) is 0 Å². The monoisotopic (exact) mass is 343 g/mol. The van der Waals surface area contributed by atoms with E-state index in [1.807, 2.05) is 39.0 Å². The number of hydrogen-bond donors (Lipinski definition) is 2. The van der Waals surface area contributed by atoms with Crippen molar-refractivity contribution in [2.24, 2.45) is 0 Å². The molecular weight excluding hydrogens is 322 g/mol. The third kappa shape index (κ3) is 2.84. The van der Waals surface area contributed by atoms with Crippen molar-refractivity contribution in [2.45, 2.75) is 32.1 Å². The van der Waals surface area contributed by atoms with E-state index in [0.717, 1.165) is 22.4 Å². The van der Waals surface area contributed by atoms with Gasteiger partial charge in [-0.2, -0.15) is 0 Å². The van der Waals surface area contributed by atoms with E-state index in [1.165, 1.54) is 11.8 Å². The van der Waals surface area contributed by atoms with Crippen molar-refractivity contribution in [3.05, 3.63) is 53.1 Å². The standard InChI is InChI=1S/C19H21NO3S/c1-11(2)14-9-15(12(3)8-17(14)22)20-18(23)10-24-19(20)13-6-4-5-7-16(13)21/h4-9,11,19,21-22H,10H2,1-3H3. The topological polar surface area (TPSA) is 60.8 Å². The largest absolute Gasteiger partial charge is 0.508 e. The van der Waals surface area contributed by atoms with Gasteiger partial charge in [-0.25, -0.2) is 0 Å². The van der Waals surface area contributed by atoms with Crippen LogP contribution in [0.25, 0.3) is 0 Å². The quantitative estimate of drug-likeness (QED) is 0.872. The van der Waals surface area contributed by atoms with E-state index in [1.54, 1.807) is 23.1 Å². The van der Waals surface area contributed by atoms with E-state index in [2.05, 4.69) is 0 Å². The lowest BCUT2D eigenvalue weighted by molar-refractivity contribution is -0.115. The van der Waals surface area contributed by atoms with Gasteiger partial charge in [-0.05, 0) is 42.2 Å². The lowest BCUT2D eigenvalue weighted by Crippen LogP contribution is -2.28. The summed E-state index contributed by atoms with van der Waals surface area (Å²) < 4.78 is 0. The van der Waals surface area contributed by atoms with E-state index < -0.39 is 0 Å². The van der Waals surface area contributed by atoms with Crippen molar-refractivity contribution in [3.63, 3.8) is 0 Å². The summed E-state index contributed by atoms with van der Waals surface area (Å²) in [5.74, 6) is 0.978. The fourth-order valence-corrected chi connectivity index (χ4v) is 4.23. The third-order valence-electron chi connectivity index (χ3n) is 4.30. The third-order valence-corrected chi connectivity index (χ3v) is 5.49. The maximum absolute atomic E-state index is 12.5. The predicted molar refractivity (Wildman–Crippen MR) is 97.7 cm³/mol. The molecule has 0 spiro atoms. The summed E-state index contributed by atoms with van der Waals surface area (Å²) in [6, 6.07) is 10.7. The van der Waals surface area contributed by atoms with Gasteiger partial charge in [0.1, 0.15) is 16.9 Å². The highest BCUT2D eigenvalue weighted by Crippen LogP contribution is 2.46. The molecule has 2 aromatic carbocycles. The highest BCUT2D eigenvalue weighted by Gasteiger charge is 2.36. The average Bonchev–Trinajstić information content (AvgIpc) is 2.89. The summed E-state index contributed by atoms with van der Waals surface area (Å²) in [6.45, 7) is 5.90. The number of aromatic hydroxyl groups is 2. The molecule has 0 bridgehead atoms. The van der Waals surface area contributed by atoms with Crippen LogP contribution in [0.15, 0.2) is 36.4 Å². The number of hydrogen-bond acceptors (Lipinski definition) is 4. The molecule has 0 aromatic heterocycles. The Labute approximate surface area is 146 Å². The molecule has 1 aliphatic rings. The highest BCUT2D eigenvalue weighted by atomic mass is 32.2. The van der Waals surface area contributed by atoms with Gasteiger partial charge in [0.05, 0.1) is 5.75 Å². The first-order valence-electron chi connectivity index (χ1n) is 7.95. The molecule has 1 unspecified atom stereocenters. The number of aryl methyl sites for hydroxylation is 1. The summed E-state index contributed by atoms with van der Waals surface area (Å²) in [6.07, 6.45) is 0. The molecule has 1 saturated heterocycles. The molecule has 1 heterocycles. The second-order valence-electron chi connectivity index (χ2n) is 6.34. The SMILES string of the molecule is Cc1cc(O)c(C(C)C)cc1N1C(=O)CSC1c1ccccc1O. The number of phenols is 2. The lowest BCUT2D eigenvalue weighted by atomic mass is 9.98. The van der Waals surface area contributed by atoms with Crippen LogP contribution in [-0.4, -0.2) is 21.9 Å². The normalized spacial score (nSPS) is 17.8. The maximum atomic E-state index is 12.5. The van der Waals surface area contributed by atoms with E-state index in [0.29, 0.717) is 5.75 Å². The summed E-state index contributed by atoms with van der Waals surface area (Å²) >= 11 is 1.50. The van der Waals surface area contributed by atoms with Gasteiger partial charge in [0, 0.05) is 11.3 Å². The molecule has 5 heteroatoms. The Morgan fingerprint density at radius 1 is 1.17 bits per heavy atom. The molecule has 0 radical (unpaired) electrons. The Bertz CT molecular complexity index is 788. The molecule has 3 rings (SSSR count). The van der Waals surface area contributed by atoms with E-state index in [-0.39, 0.29) is 28.7 Å². The summed E-state index contributed by atoms with van der Waals surface area (Å²) in [4.78, 5) is 14.3. The van der Waals surface area contributed by atoms with Gasteiger partial charge in [-0.1, -0.05) is 32.0 Å². The molecule has 24 heavy (non-hydrogen) atoms. The van der Waals surface area contributed by atoms with E-state index in [4.69, 9.17) is 0 Å². The zero-order valence-corrected chi connectivity index (χ0v) is 14.8. The number of rotatable bonds is 3. The minimum atomic E-state index is -0.262. The number of carbonyl (C=O) groups is 1. The number of nitrogens with zero attached hydrogens (tertiary/aromatic N) is 1. The lowest BCUT2D eigenvalue weighted by Gasteiger charge is -2.27. The molecule has 4 nitrogen and oxygen atoms in total.